The summed E-state index contributed by atoms with van der Waals surface area (Å²) in [5, 5.41) is 14.0. The highest BCUT2D eigenvalue weighted by Crippen LogP contribution is 2.26. The van der Waals surface area contributed by atoms with Crippen LogP contribution in [0.15, 0.2) is 36.5 Å². The van der Waals surface area contributed by atoms with E-state index >= 15 is 0 Å². The van der Waals surface area contributed by atoms with Crippen molar-refractivity contribution >= 4 is 23.1 Å². The smallest absolute Gasteiger partial charge is 0.270 e. The van der Waals surface area contributed by atoms with Crippen molar-refractivity contribution in [1.29, 1.82) is 0 Å². The van der Waals surface area contributed by atoms with Gasteiger partial charge in [-0.15, -0.1) is 0 Å². The Morgan fingerprint density at radius 2 is 2.04 bits per heavy atom. The first-order valence-electron chi connectivity index (χ1n) is 8.97. The largest absolute Gasteiger partial charge is 0.378 e. The molecule has 0 radical (unpaired) electrons. The van der Waals surface area contributed by atoms with E-state index in [2.05, 4.69) is 10.3 Å². The molecule has 3 rings (SSSR count). The van der Waals surface area contributed by atoms with Crippen LogP contribution in [0.25, 0.3) is 0 Å². The number of aromatic nitrogens is 1. The van der Waals surface area contributed by atoms with E-state index in [1.807, 2.05) is 36.0 Å². The second-order valence-electron chi connectivity index (χ2n) is 6.66. The number of pyridine rings is 1. The Hall–Kier alpha value is -3.20. The van der Waals surface area contributed by atoms with E-state index in [1.54, 1.807) is 12.3 Å². The monoisotopic (exact) mass is 385 g/mol. The van der Waals surface area contributed by atoms with Crippen molar-refractivity contribution in [1.82, 2.24) is 10.3 Å². The number of anilines is 2. The fourth-order valence-corrected chi connectivity index (χ4v) is 2.99. The predicted octanol–water partition coefficient (Wildman–Crippen LogP) is 1.82. The second-order valence-corrected chi connectivity index (χ2v) is 6.66. The maximum Gasteiger partial charge on any atom is 0.270 e. The zero-order valence-electron chi connectivity index (χ0n) is 15.9. The third-order valence-corrected chi connectivity index (χ3v) is 4.51. The summed E-state index contributed by atoms with van der Waals surface area (Å²) in [4.78, 5) is 31.7. The number of amides is 1. The van der Waals surface area contributed by atoms with Gasteiger partial charge < -0.3 is 19.9 Å². The Kier molecular flexibility index (Phi) is 6.05. The summed E-state index contributed by atoms with van der Waals surface area (Å²) in [5.41, 5.74) is 1.75. The first kappa shape index (κ1) is 19.6. The van der Waals surface area contributed by atoms with E-state index in [1.165, 1.54) is 12.1 Å². The van der Waals surface area contributed by atoms with E-state index in [9.17, 15) is 14.9 Å². The molecule has 1 fully saturated rings. The van der Waals surface area contributed by atoms with Crippen LogP contribution in [0.2, 0.25) is 0 Å². The molecule has 0 aliphatic carbocycles. The van der Waals surface area contributed by atoms with Crippen LogP contribution in [0, 0.1) is 10.1 Å². The molecule has 1 N–H and O–H groups in total. The lowest BCUT2D eigenvalue weighted by Crippen LogP contribution is -2.38. The summed E-state index contributed by atoms with van der Waals surface area (Å²) < 4.78 is 5.36. The van der Waals surface area contributed by atoms with Gasteiger partial charge in [0.2, 0.25) is 0 Å². The Bertz CT molecular complexity index is 865. The van der Waals surface area contributed by atoms with E-state index < -0.39 is 4.92 Å². The normalized spacial score (nSPS) is 13.9. The van der Waals surface area contributed by atoms with Crippen LogP contribution in [0.5, 0.6) is 0 Å². The topological polar surface area (TPSA) is 101 Å². The average Bonchev–Trinajstić information content (AvgIpc) is 2.72. The van der Waals surface area contributed by atoms with Crippen molar-refractivity contribution < 1.29 is 14.5 Å². The lowest BCUT2D eigenvalue weighted by Gasteiger charge is -2.30. The molecule has 1 saturated heterocycles. The molecule has 1 aromatic carbocycles. The lowest BCUT2D eigenvalue weighted by molar-refractivity contribution is -0.384. The molecule has 0 saturated carbocycles. The summed E-state index contributed by atoms with van der Waals surface area (Å²) in [6, 6.07) is 8.10. The Balaban J connectivity index is 1.81. The molecule has 0 spiro atoms. The van der Waals surface area contributed by atoms with Crippen LogP contribution in [0.4, 0.5) is 17.2 Å². The number of ether oxygens (including phenoxy) is 1. The van der Waals surface area contributed by atoms with Gasteiger partial charge in [-0.1, -0.05) is 0 Å². The Morgan fingerprint density at radius 1 is 1.29 bits per heavy atom. The summed E-state index contributed by atoms with van der Waals surface area (Å²) in [7, 11) is 3.78. The van der Waals surface area contributed by atoms with Crippen molar-refractivity contribution in [2.45, 2.75) is 6.54 Å². The van der Waals surface area contributed by atoms with Crippen LogP contribution in [-0.2, 0) is 11.3 Å². The zero-order chi connectivity index (χ0) is 20.1. The molecule has 0 bridgehead atoms. The minimum atomic E-state index is -0.494. The lowest BCUT2D eigenvalue weighted by atomic mass is 10.1. The molecule has 1 aliphatic rings. The summed E-state index contributed by atoms with van der Waals surface area (Å²) in [6.07, 6.45) is 1.68. The number of nitrogens with one attached hydrogen (secondary N) is 1. The fourth-order valence-electron chi connectivity index (χ4n) is 2.99. The van der Waals surface area contributed by atoms with Crippen LogP contribution >= 0.6 is 0 Å². The molecule has 9 heteroatoms. The maximum absolute atomic E-state index is 12.9. The molecule has 1 aromatic heterocycles. The van der Waals surface area contributed by atoms with E-state index in [0.717, 1.165) is 11.4 Å². The van der Waals surface area contributed by atoms with Gasteiger partial charge >= 0.3 is 0 Å². The Morgan fingerprint density at radius 3 is 2.71 bits per heavy atom. The molecule has 148 valence electrons. The standard InChI is InChI=1S/C19H23N5O4/c1-22(2)18-11-14(5-6-20-18)13-21-19(25)16-12-15(24(26)27)3-4-17(16)23-7-9-28-10-8-23/h3-6,11-12H,7-10,13H2,1-2H3,(H,21,25). The summed E-state index contributed by atoms with van der Waals surface area (Å²) in [6.45, 7) is 2.68. The van der Waals surface area contributed by atoms with Gasteiger partial charge in [0.25, 0.3) is 11.6 Å². The van der Waals surface area contributed by atoms with E-state index in [-0.39, 0.29) is 17.2 Å². The number of morpholine rings is 1. The molecule has 9 nitrogen and oxygen atoms in total. The number of benzene rings is 1. The fraction of sp³-hybridized carbons (Fsp3) is 0.368. The van der Waals surface area contributed by atoms with Crippen LogP contribution in [-0.4, -0.2) is 56.2 Å². The number of non-ortho nitro benzene ring substituents is 1. The van der Waals surface area contributed by atoms with Gasteiger partial charge in [0.15, 0.2) is 0 Å². The zero-order valence-corrected chi connectivity index (χ0v) is 15.9. The molecule has 1 aliphatic heterocycles. The minimum Gasteiger partial charge on any atom is -0.378 e. The molecule has 1 amide bonds. The predicted molar refractivity (Wildman–Crippen MR) is 106 cm³/mol. The maximum atomic E-state index is 12.9. The van der Waals surface area contributed by atoms with Gasteiger partial charge in [-0.2, -0.15) is 0 Å². The van der Waals surface area contributed by atoms with Gasteiger partial charge in [0.1, 0.15) is 5.82 Å². The highest BCUT2D eigenvalue weighted by atomic mass is 16.6. The average molecular weight is 385 g/mol. The quantitative estimate of drug-likeness (QED) is 0.598. The molecule has 2 heterocycles. The molecule has 28 heavy (non-hydrogen) atoms. The van der Waals surface area contributed by atoms with Gasteiger partial charge in [0.05, 0.1) is 29.4 Å². The molecular formula is C19H23N5O4. The van der Waals surface area contributed by atoms with Gasteiger partial charge in [-0.3, -0.25) is 14.9 Å². The highest BCUT2D eigenvalue weighted by Gasteiger charge is 2.22. The third kappa shape index (κ3) is 4.55. The first-order valence-corrected chi connectivity index (χ1v) is 8.97. The number of hydrogen-bond acceptors (Lipinski definition) is 7. The first-order chi connectivity index (χ1) is 13.5. The van der Waals surface area contributed by atoms with Crippen molar-refractivity contribution in [3.8, 4) is 0 Å². The second kappa shape index (κ2) is 8.66. The molecule has 0 atom stereocenters. The Labute approximate surface area is 163 Å². The number of rotatable bonds is 6. The highest BCUT2D eigenvalue weighted by molar-refractivity contribution is 6.00. The number of hydrogen-bond donors (Lipinski definition) is 1. The summed E-state index contributed by atoms with van der Waals surface area (Å²) >= 11 is 0. The number of carbonyl (C=O) groups excluding carboxylic acids is 1. The van der Waals surface area contributed by atoms with E-state index in [4.69, 9.17) is 4.74 Å². The van der Waals surface area contributed by atoms with Gasteiger partial charge in [-0.25, -0.2) is 4.98 Å². The third-order valence-electron chi connectivity index (χ3n) is 4.51. The van der Waals surface area contributed by atoms with Gasteiger partial charge in [0, 0.05) is 52.1 Å². The van der Waals surface area contributed by atoms with Crippen molar-refractivity contribution in [2.24, 2.45) is 0 Å². The molecule has 0 unspecified atom stereocenters. The number of nitro benzene ring substituents is 1. The van der Waals surface area contributed by atoms with Crippen LogP contribution in [0.1, 0.15) is 15.9 Å². The number of nitro groups is 1. The van der Waals surface area contributed by atoms with Crippen molar-refractivity contribution in [3.05, 3.63) is 57.8 Å². The molecule has 2 aromatic rings. The summed E-state index contributed by atoms with van der Waals surface area (Å²) in [5.74, 6) is 0.435. The van der Waals surface area contributed by atoms with Crippen molar-refractivity contribution in [2.75, 3.05) is 50.2 Å². The number of carbonyl (C=O) groups is 1. The van der Waals surface area contributed by atoms with E-state index in [0.29, 0.717) is 38.5 Å². The van der Waals surface area contributed by atoms with Crippen LogP contribution in [0.3, 0.4) is 0 Å². The van der Waals surface area contributed by atoms with Crippen molar-refractivity contribution in [3.63, 3.8) is 0 Å². The number of nitrogens with zero attached hydrogens (tertiary/aromatic N) is 4. The van der Waals surface area contributed by atoms with Crippen LogP contribution < -0.4 is 15.1 Å². The molecular weight excluding hydrogens is 362 g/mol. The SMILES string of the molecule is CN(C)c1cc(CNC(=O)c2cc([N+](=O)[O-])ccc2N2CCOCC2)ccn1. The van der Waals surface area contributed by atoms with Gasteiger partial charge in [-0.05, 0) is 23.8 Å². The minimum absolute atomic E-state index is 0.110.